The van der Waals surface area contributed by atoms with Crippen molar-refractivity contribution in [3.63, 3.8) is 0 Å². The Labute approximate surface area is 169 Å². The van der Waals surface area contributed by atoms with Crippen molar-refractivity contribution in [3.05, 3.63) is 47.5 Å². The van der Waals surface area contributed by atoms with Crippen LogP contribution in [-0.4, -0.2) is 46.3 Å². The average Bonchev–Trinajstić information content (AvgIpc) is 2.73. The van der Waals surface area contributed by atoms with Gasteiger partial charge in [0.05, 0.1) is 40.4 Å². The highest BCUT2D eigenvalue weighted by molar-refractivity contribution is 7.99. The van der Waals surface area contributed by atoms with Crippen LogP contribution in [0.15, 0.2) is 41.5 Å². The van der Waals surface area contributed by atoms with Crippen LogP contribution < -0.4 is 24.4 Å². The highest BCUT2D eigenvalue weighted by Gasteiger charge is 2.12. The molecule has 7 nitrogen and oxygen atoms in total. The molecule has 0 aliphatic rings. The summed E-state index contributed by atoms with van der Waals surface area (Å²) in [5, 5.41) is 3.99. The summed E-state index contributed by atoms with van der Waals surface area (Å²) in [6.07, 6.45) is 1.52. The van der Waals surface area contributed by atoms with Gasteiger partial charge in [0.1, 0.15) is 5.75 Å². The van der Waals surface area contributed by atoms with Crippen molar-refractivity contribution in [2.24, 2.45) is 5.10 Å². The Morgan fingerprint density at radius 3 is 2.18 bits per heavy atom. The van der Waals surface area contributed by atoms with Crippen LogP contribution in [-0.2, 0) is 10.5 Å². The van der Waals surface area contributed by atoms with E-state index in [-0.39, 0.29) is 5.91 Å². The molecule has 0 bridgehead atoms. The van der Waals surface area contributed by atoms with Crippen molar-refractivity contribution in [2.75, 3.05) is 34.2 Å². The molecular weight excluding hydrogens is 380 g/mol. The summed E-state index contributed by atoms with van der Waals surface area (Å²) in [5.74, 6) is 3.21. The molecule has 8 heteroatoms. The van der Waals surface area contributed by atoms with Gasteiger partial charge in [-0.3, -0.25) is 4.79 Å². The molecule has 0 saturated heterocycles. The number of ether oxygens (including phenoxy) is 4. The van der Waals surface area contributed by atoms with Gasteiger partial charge in [-0.2, -0.15) is 5.10 Å². The van der Waals surface area contributed by atoms with Crippen LogP contribution in [0.1, 0.15) is 11.1 Å². The number of nitrogens with zero attached hydrogens (tertiary/aromatic N) is 1. The summed E-state index contributed by atoms with van der Waals surface area (Å²) in [4.78, 5) is 11.9. The van der Waals surface area contributed by atoms with E-state index in [1.54, 1.807) is 33.5 Å². The lowest BCUT2D eigenvalue weighted by molar-refractivity contribution is -0.118. The average molecular weight is 404 g/mol. The van der Waals surface area contributed by atoms with Gasteiger partial charge in [-0.05, 0) is 29.8 Å². The van der Waals surface area contributed by atoms with Gasteiger partial charge in [0.2, 0.25) is 11.7 Å². The first-order chi connectivity index (χ1) is 13.6. The Balaban J connectivity index is 1.85. The Morgan fingerprint density at radius 2 is 1.64 bits per heavy atom. The molecule has 0 aromatic heterocycles. The van der Waals surface area contributed by atoms with Crippen LogP contribution in [0.4, 0.5) is 0 Å². The maximum absolute atomic E-state index is 11.9. The fraction of sp³-hybridized carbons (Fsp3) is 0.300. The van der Waals surface area contributed by atoms with Crippen molar-refractivity contribution in [1.82, 2.24) is 5.43 Å². The number of benzene rings is 2. The number of nitrogens with one attached hydrogen (secondary N) is 1. The van der Waals surface area contributed by atoms with E-state index in [0.29, 0.717) is 28.6 Å². The number of thioether (sulfide) groups is 1. The van der Waals surface area contributed by atoms with E-state index in [2.05, 4.69) is 10.5 Å². The quantitative estimate of drug-likeness (QED) is 0.484. The third-order valence-electron chi connectivity index (χ3n) is 3.75. The normalized spacial score (nSPS) is 10.6. The predicted molar refractivity (Wildman–Crippen MR) is 111 cm³/mol. The molecule has 2 aromatic rings. The molecule has 0 radical (unpaired) electrons. The third-order valence-corrected chi connectivity index (χ3v) is 4.75. The lowest BCUT2D eigenvalue weighted by Crippen LogP contribution is -2.19. The standard InChI is InChI=1S/C20H24N2O5S/c1-24-16-7-5-14(6-8-16)12-28-13-19(23)22-21-11-15-9-17(25-2)20(27-4)18(10-15)26-3/h5-11H,12-13H2,1-4H3,(H,22,23)/b21-11-. The maximum atomic E-state index is 11.9. The minimum absolute atomic E-state index is 0.179. The molecule has 0 aliphatic heterocycles. The monoisotopic (exact) mass is 404 g/mol. The van der Waals surface area contributed by atoms with E-state index in [9.17, 15) is 4.79 Å². The molecule has 0 fully saturated rings. The summed E-state index contributed by atoms with van der Waals surface area (Å²) in [6.45, 7) is 0. The smallest absolute Gasteiger partial charge is 0.250 e. The van der Waals surface area contributed by atoms with Crippen LogP contribution in [0.3, 0.4) is 0 Å². The Morgan fingerprint density at radius 1 is 1.00 bits per heavy atom. The molecule has 0 unspecified atom stereocenters. The van der Waals surface area contributed by atoms with E-state index >= 15 is 0 Å². The molecule has 0 atom stereocenters. The van der Waals surface area contributed by atoms with Crippen LogP contribution in [0.2, 0.25) is 0 Å². The Kier molecular flexibility index (Phi) is 8.48. The second-order valence-corrected chi connectivity index (χ2v) is 6.58. The van der Waals surface area contributed by atoms with E-state index in [1.807, 2.05) is 24.3 Å². The summed E-state index contributed by atoms with van der Waals surface area (Å²) in [5.41, 5.74) is 4.35. The Hall–Kier alpha value is -2.87. The van der Waals surface area contributed by atoms with Crippen LogP contribution in [0, 0.1) is 0 Å². The zero-order valence-corrected chi connectivity index (χ0v) is 17.2. The summed E-state index contributed by atoms with van der Waals surface area (Å²) in [6, 6.07) is 11.2. The zero-order chi connectivity index (χ0) is 20.4. The fourth-order valence-electron chi connectivity index (χ4n) is 2.37. The van der Waals surface area contributed by atoms with Gasteiger partial charge in [-0.1, -0.05) is 12.1 Å². The van der Waals surface area contributed by atoms with E-state index in [0.717, 1.165) is 17.1 Å². The molecule has 2 rings (SSSR count). The SMILES string of the molecule is COc1ccc(CSCC(=O)N/N=C\c2cc(OC)c(OC)c(OC)c2)cc1. The fourth-order valence-corrected chi connectivity index (χ4v) is 3.15. The van der Waals surface area contributed by atoms with Gasteiger partial charge in [0.15, 0.2) is 11.5 Å². The second-order valence-electron chi connectivity index (χ2n) is 5.59. The van der Waals surface area contributed by atoms with E-state index in [4.69, 9.17) is 18.9 Å². The van der Waals surface area contributed by atoms with Crippen molar-refractivity contribution in [3.8, 4) is 23.0 Å². The summed E-state index contributed by atoms with van der Waals surface area (Å²) < 4.78 is 21.0. The molecule has 1 N–H and O–H groups in total. The maximum Gasteiger partial charge on any atom is 0.250 e. The number of hydrazone groups is 1. The van der Waals surface area contributed by atoms with Gasteiger partial charge in [-0.15, -0.1) is 11.8 Å². The molecule has 0 aliphatic carbocycles. The zero-order valence-electron chi connectivity index (χ0n) is 16.4. The Bertz CT molecular complexity index is 784. The van der Waals surface area contributed by atoms with Gasteiger partial charge in [-0.25, -0.2) is 5.43 Å². The molecule has 0 spiro atoms. The number of rotatable bonds is 10. The largest absolute Gasteiger partial charge is 0.497 e. The van der Waals surface area contributed by atoms with E-state index in [1.165, 1.54) is 25.1 Å². The number of hydrogen-bond donors (Lipinski definition) is 1. The third kappa shape index (κ3) is 6.09. The predicted octanol–water partition coefficient (Wildman–Crippen LogP) is 3.10. The van der Waals surface area contributed by atoms with Gasteiger partial charge >= 0.3 is 0 Å². The van der Waals surface area contributed by atoms with E-state index < -0.39 is 0 Å². The van der Waals surface area contributed by atoms with Gasteiger partial charge in [0.25, 0.3) is 0 Å². The summed E-state index contributed by atoms with van der Waals surface area (Å²) in [7, 11) is 6.25. The highest BCUT2D eigenvalue weighted by atomic mass is 32.2. The first kappa shape index (κ1) is 21.4. The van der Waals surface area contributed by atoms with Crippen LogP contribution in [0.25, 0.3) is 0 Å². The molecule has 28 heavy (non-hydrogen) atoms. The minimum atomic E-state index is -0.179. The molecule has 0 heterocycles. The van der Waals surface area contributed by atoms with Crippen LogP contribution in [0.5, 0.6) is 23.0 Å². The first-order valence-electron chi connectivity index (χ1n) is 8.43. The number of carbonyl (C=O) groups is 1. The molecular formula is C20H24N2O5S. The topological polar surface area (TPSA) is 78.4 Å². The molecule has 1 amide bonds. The molecule has 2 aromatic carbocycles. The van der Waals surface area contributed by atoms with Gasteiger partial charge in [0, 0.05) is 11.3 Å². The lowest BCUT2D eigenvalue weighted by Gasteiger charge is -2.12. The summed E-state index contributed by atoms with van der Waals surface area (Å²) >= 11 is 1.51. The minimum Gasteiger partial charge on any atom is -0.497 e. The number of hydrogen-bond acceptors (Lipinski definition) is 7. The van der Waals surface area contributed by atoms with Gasteiger partial charge < -0.3 is 18.9 Å². The van der Waals surface area contributed by atoms with Crippen molar-refractivity contribution >= 4 is 23.9 Å². The number of amides is 1. The second kappa shape index (κ2) is 11.1. The highest BCUT2D eigenvalue weighted by Crippen LogP contribution is 2.37. The van der Waals surface area contributed by atoms with Crippen molar-refractivity contribution < 1.29 is 23.7 Å². The lowest BCUT2D eigenvalue weighted by atomic mass is 10.2. The first-order valence-corrected chi connectivity index (χ1v) is 9.59. The van der Waals surface area contributed by atoms with Crippen molar-refractivity contribution in [2.45, 2.75) is 5.75 Å². The number of carbonyl (C=O) groups excluding carboxylic acids is 1. The number of methoxy groups -OCH3 is 4. The molecule has 150 valence electrons. The van der Waals surface area contributed by atoms with Crippen molar-refractivity contribution in [1.29, 1.82) is 0 Å². The molecule has 0 saturated carbocycles. The van der Waals surface area contributed by atoms with Crippen LogP contribution >= 0.6 is 11.8 Å².